The highest BCUT2D eigenvalue weighted by molar-refractivity contribution is 5.85. The zero-order valence-corrected chi connectivity index (χ0v) is 16.4. The molecule has 2 fully saturated rings. The summed E-state index contributed by atoms with van der Waals surface area (Å²) in [5.41, 5.74) is 1.31. The summed E-state index contributed by atoms with van der Waals surface area (Å²) < 4.78 is 0. The predicted molar refractivity (Wildman–Crippen MR) is 108 cm³/mol. The lowest BCUT2D eigenvalue weighted by Crippen LogP contribution is -2.37. The monoisotopic (exact) mass is 387 g/mol. The fourth-order valence-electron chi connectivity index (χ4n) is 3.79. The van der Waals surface area contributed by atoms with Crippen molar-refractivity contribution >= 4 is 30.7 Å². The van der Waals surface area contributed by atoms with E-state index in [2.05, 4.69) is 45.9 Å². The Morgan fingerprint density at radius 1 is 1.16 bits per heavy atom. The molecule has 142 valence electrons. The minimum atomic E-state index is 0. The van der Waals surface area contributed by atoms with E-state index in [9.17, 15) is 4.79 Å². The van der Waals surface area contributed by atoms with E-state index >= 15 is 0 Å². The molecule has 2 heterocycles. The van der Waals surface area contributed by atoms with Crippen LogP contribution < -0.4 is 10.6 Å². The molecule has 0 radical (unpaired) electrons. The number of hydrogen-bond acceptors (Lipinski definition) is 3. The van der Waals surface area contributed by atoms with Crippen LogP contribution in [0, 0.1) is 0 Å². The van der Waals surface area contributed by atoms with Gasteiger partial charge >= 0.3 is 0 Å². The molecule has 4 nitrogen and oxygen atoms in total. The predicted octanol–water partition coefficient (Wildman–Crippen LogP) is 3.32. The summed E-state index contributed by atoms with van der Waals surface area (Å²) in [5, 5.41) is 6.63. The normalized spacial score (nSPS) is 21.2. The number of carbonyl (C=O) groups is 1. The Balaban J connectivity index is 0.00000156. The Morgan fingerprint density at radius 2 is 1.88 bits per heavy atom. The fourth-order valence-corrected chi connectivity index (χ4v) is 3.79. The van der Waals surface area contributed by atoms with Crippen LogP contribution in [0.5, 0.6) is 0 Å². The summed E-state index contributed by atoms with van der Waals surface area (Å²) in [6.45, 7) is 4.11. The molecule has 0 spiro atoms. The Kier molecular flexibility index (Phi) is 10.4. The zero-order valence-electron chi connectivity index (χ0n) is 14.8. The van der Waals surface area contributed by atoms with Gasteiger partial charge < -0.3 is 10.6 Å². The summed E-state index contributed by atoms with van der Waals surface area (Å²) in [6.07, 6.45) is 6.60. The highest BCUT2D eigenvalue weighted by Gasteiger charge is 2.24. The SMILES string of the molecule is Cl.Cl.O=C(CCC1CCCN1)NCC(c1ccccc1)N1CCCC1. The summed E-state index contributed by atoms with van der Waals surface area (Å²) in [4.78, 5) is 14.7. The molecule has 2 saturated heterocycles. The van der Waals surface area contributed by atoms with Gasteiger partial charge in [0.25, 0.3) is 0 Å². The van der Waals surface area contributed by atoms with E-state index in [1.807, 2.05) is 0 Å². The number of amides is 1. The molecular formula is C19H31Cl2N3O. The average Bonchev–Trinajstić information content (AvgIpc) is 3.28. The molecular weight excluding hydrogens is 357 g/mol. The number of nitrogens with zero attached hydrogens (tertiary/aromatic N) is 1. The minimum Gasteiger partial charge on any atom is -0.354 e. The third-order valence-electron chi connectivity index (χ3n) is 5.14. The second kappa shape index (κ2) is 11.7. The van der Waals surface area contributed by atoms with Gasteiger partial charge in [-0.3, -0.25) is 9.69 Å². The van der Waals surface area contributed by atoms with Gasteiger partial charge in [-0.25, -0.2) is 0 Å². The second-order valence-corrected chi connectivity index (χ2v) is 6.81. The lowest BCUT2D eigenvalue weighted by atomic mass is 10.1. The van der Waals surface area contributed by atoms with E-state index in [-0.39, 0.29) is 30.7 Å². The average molecular weight is 388 g/mol. The molecule has 2 aliphatic rings. The first-order valence-corrected chi connectivity index (χ1v) is 9.12. The van der Waals surface area contributed by atoms with Crippen LogP contribution in [0.1, 0.15) is 50.1 Å². The standard InChI is InChI=1S/C19H29N3O.2ClH/c23-19(11-10-17-9-6-12-20-17)21-15-18(22-13-4-5-14-22)16-7-2-1-3-8-16;;/h1-3,7-8,17-18,20H,4-6,9-15H2,(H,21,23);2*1H. The van der Waals surface area contributed by atoms with Crippen LogP contribution in [0.2, 0.25) is 0 Å². The van der Waals surface area contributed by atoms with Crippen molar-refractivity contribution < 1.29 is 4.79 Å². The van der Waals surface area contributed by atoms with Gasteiger partial charge in [0.2, 0.25) is 5.91 Å². The van der Waals surface area contributed by atoms with Crippen LogP contribution in [0.25, 0.3) is 0 Å². The Morgan fingerprint density at radius 3 is 2.52 bits per heavy atom. The van der Waals surface area contributed by atoms with E-state index in [1.165, 1.54) is 31.2 Å². The van der Waals surface area contributed by atoms with Crippen molar-refractivity contribution in [3.8, 4) is 0 Å². The second-order valence-electron chi connectivity index (χ2n) is 6.81. The maximum absolute atomic E-state index is 12.2. The molecule has 6 heteroatoms. The summed E-state index contributed by atoms with van der Waals surface area (Å²) in [7, 11) is 0. The minimum absolute atomic E-state index is 0. The van der Waals surface area contributed by atoms with E-state index in [0.717, 1.165) is 32.6 Å². The van der Waals surface area contributed by atoms with Crippen molar-refractivity contribution in [2.75, 3.05) is 26.2 Å². The fraction of sp³-hybridized carbons (Fsp3) is 0.632. The first-order chi connectivity index (χ1) is 11.3. The van der Waals surface area contributed by atoms with E-state index in [1.54, 1.807) is 0 Å². The third-order valence-corrected chi connectivity index (χ3v) is 5.14. The van der Waals surface area contributed by atoms with Gasteiger partial charge in [-0.2, -0.15) is 0 Å². The number of benzene rings is 1. The highest BCUT2D eigenvalue weighted by atomic mass is 35.5. The topological polar surface area (TPSA) is 44.4 Å². The Labute approximate surface area is 163 Å². The van der Waals surface area contributed by atoms with Crippen LogP contribution in [0.4, 0.5) is 0 Å². The van der Waals surface area contributed by atoms with E-state index < -0.39 is 0 Å². The maximum atomic E-state index is 12.2. The van der Waals surface area contributed by atoms with Crippen molar-refractivity contribution in [2.45, 2.75) is 50.6 Å². The van der Waals surface area contributed by atoms with Gasteiger partial charge in [-0.15, -0.1) is 24.8 Å². The molecule has 1 amide bonds. The van der Waals surface area contributed by atoms with Gasteiger partial charge in [0, 0.05) is 19.0 Å². The number of likely N-dealkylation sites (tertiary alicyclic amines) is 1. The number of carbonyl (C=O) groups excluding carboxylic acids is 1. The maximum Gasteiger partial charge on any atom is 0.220 e. The number of rotatable bonds is 7. The molecule has 2 atom stereocenters. The van der Waals surface area contributed by atoms with Gasteiger partial charge in [0.15, 0.2) is 0 Å². The van der Waals surface area contributed by atoms with Crippen molar-refractivity contribution in [1.29, 1.82) is 0 Å². The van der Waals surface area contributed by atoms with E-state index in [0.29, 0.717) is 18.5 Å². The summed E-state index contributed by atoms with van der Waals surface area (Å²) in [6, 6.07) is 11.4. The smallest absolute Gasteiger partial charge is 0.220 e. The van der Waals surface area contributed by atoms with Crippen molar-refractivity contribution in [3.63, 3.8) is 0 Å². The van der Waals surface area contributed by atoms with Gasteiger partial charge in [-0.05, 0) is 57.3 Å². The molecule has 1 aromatic carbocycles. The molecule has 0 saturated carbocycles. The molecule has 0 aliphatic carbocycles. The van der Waals surface area contributed by atoms with E-state index in [4.69, 9.17) is 0 Å². The van der Waals surface area contributed by atoms with Crippen molar-refractivity contribution in [1.82, 2.24) is 15.5 Å². The summed E-state index contributed by atoms with van der Waals surface area (Å²) in [5.74, 6) is 0.193. The lowest BCUT2D eigenvalue weighted by Gasteiger charge is -2.28. The Hall–Kier alpha value is -0.810. The number of halogens is 2. The number of hydrogen-bond donors (Lipinski definition) is 2. The third kappa shape index (κ3) is 6.78. The molecule has 0 aromatic heterocycles. The van der Waals surface area contributed by atoms with Crippen LogP contribution in [0.15, 0.2) is 30.3 Å². The first kappa shape index (κ1) is 22.2. The highest BCUT2D eigenvalue weighted by Crippen LogP contribution is 2.24. The molecule has 0 bridgehead atoms. The van der Waals surface area contributed by atoms with Crippen LogP contribution >= 0.6 is 24.8 Å². The lowest BCUT2D eigenvalue weighted by molar-refractivity contribution is -0.121. The van der Waals surface area contributed by atoms with Crippen LogP contribution in [-0.4, -0.2) is 43.0 Å². The van der Waals surface area contributed by atoms with Crippen LogP contribution in [0.3, 0.4) is 0 Å². The first-order valence-electron chi connectivity index (χ1n) is 9.12. The molecule has 1 aromatic rings. The van der Waals surface area contributed by atoms with Gasteiger partial charge in [-0.1, -0.05) is 30.3 Å². The quantitative estimate of drug-likeness (QED) is 0.753. The molecule has 2 aliphatic heterocycles. The number of nitrogens with one attached hydrogen (secondary N) is 2. The largest absolute Gasteiger partial charge is 0.354 e. The zero-order chi connectivity index (χ0) is 15.9. The molecule has 2 unspecified atom stereocenters. The van der Waals surface area contributed by atoms with Gasteiger partial charge in [0.05, 0.1) is 6.04 Å². The molecule has 2 N–H and O–H groups in total. The van der Waals surface area contributed by atoms with Crippen molar-refractivity contribution in [3.05, 3.63) is 35.9 Å². The molecule has 25 heavy (non-hydrogen) atoms. The molecule has 3 rings (SSSR count). The van der Waals surface area contributed by atoms with Crippen molar-refractivity contribution in [2.24, 2.45) is 0 Å². The summed E-state index contributed by atoms with van der Waals surface area (Å²) >= 11 is 0. The van der Waals surface area contributed by atoms with Gasteiger partial charge in [0.1, 0.15) is 0 Å². The van der Waals surface area contributed by atoms with Crippen LogP contribution in [-0.2, 0) is 4.79 Å². The Bertz CT molecular complexity index is 489.